The van der Waals surface area contributed by atoms with Crippen LogP contribution in [-0.4, -0.2) is 43.2 Å². The SMILES string of the molecule is COc1ccc(OC)c(NC(=O)CSc2nnc(COc3ccccc3OC)o2)c1. The van der Waals surface area contributed by atoms with Crippen molar-refractivity contribution < 1.29 is 28.2 Å². The van der Waals surface area contributed by atoms with Gasteiger partial charge in [0.2, 0.25) is 5.91 Å². The van der Waals surface area contributed by atoms with E-state index in [1.54, 1.807) is 44.6 Å². The molecule has 0 aliphatic heterocycles. The Bertz CT molecular complexity index is 994. The summed E-state index contributed by atoms with van der Waals surface area (Å²) in [5.74, 6) is 2.43. The van der Waals surface area contributed by atoms with Gasteiger partial charge in [-0.25, -0.2) is 0 Å². The number of thioether (sulfide) groups is 1. The summed E-state index contributed by atoms with van der Waals surface area (Å²) in [4.78, 5) is 12.3. The summed E-state index contributed by atoms with van der Waals surface area (Å²) in [6, 6.07) is 12.4. The lowest BCUT2D eigenvalue weighted by molar-refractivity contribution is -0.113. The standard InChI is InChI=1S/C20H21N3O6S/c1-25-13-8-9-15(26-2)14(10-13)21-18(24)12-30-20-23-22-19(29-20)11-28-17-7-5-4-6-16(17)27-3/h4-10H,11-12H2,1-3H3,(H,21,24). The smallest absolute Gasteiger partial charge is 0.277 e. The maximum Gasteiger partial charge on any atom is 0.277 e. The molecule has 158 valence electrons. The molecule has 10 heteroatoms. The van der Waals surface area contributed by atoms with Crippen molar-refractivity contribution >= 4 is 23.4 Å². The highest BCUT2D eigenvalue weighted by Crippen LogP contribution is 2.29. The monoisotopic (exact) mass is 431 g/mol. The van der Waals surface area contributed by atoms with Crippen LogP contribution in [0, 0.1) is 0 Å². The maximum atomic E-state index is 12.3. The molecular formula is C20H21N3O6S. The van der Waals surface area contributed by atoms with Crippen molar-refractivity contribution in [1.29, 1.82) is 0 Å². The largest absolute Gasteiger partial charge is 0.497 e. The first-order chi connectivity index (χ1) is 14.6. The van der Waals surface area contributed by atoms with Gasteiger partial charge in [-0.2, -0.15) is 0 Å². The Morgan fingerprint density at radius 2 is 1.77 bits per heavy atom. The van der Waals surface area contributed by atoms with Gasteiger partial charge >= 0.3 is 0 Å². The number of rotatable bonds is 10. The van der Waals surface area contributed by atoms with Crippen LogP contribution in [-0.2, 0) is 11.4 Å². The van der Waals surface area contributed by atoms with E-state index in [-0.39, 0.29) is 23.5 Å². The number of anilines is 1. The van der Waals surface area contributed by atoms with E-state index in [9.17, 15) is 4.79 Å². The van der Waals surface area contributed by atoms with Gasteiger partial charge in [0, 0.05) is 6.07 Å². The lowest BCUT2D eigenvalue weighted by Crippen LogP contribution is -2.14. The van der Waals surface area contributed by atoms with Crippen molar-refractivity contribution in [3.8, 4) is 23.0 Å². The van der Waals surface area contributed by atoms with Crippen molar-refractivity contribution in [2.75, 3.05) is 32.4 Å². The third-order valence-corrected chi connectivity index (χ3v) is 4.69. The summed E-state index contributed by atoms with van der Waals surface area (Å²) in [6.07, 6.45) is 0. The molecule has 0 atom stereocenters. The number of carbonyl (C=O) groups excluding carboxylic acids is 1. The Morgan fingerprint density at radius 3 is 2.50 bits per heavy atom. The molecule has 1 N–H and O–H groups in total. The average Bonchev–Trinajstić information content (AvgIpc) is 3.24. The van der Waals surface area contributed by atoms with E-state index in [4.69, 9.17) is 23.4 Å². The molecule has 0 saturated carbocycles. The van der Waals surface area contributed by atoms with Crippen LogP contribution in [0.25, 0.3) is 0 Å². The number of nitrogens with zero attached hydrogens (tertiary/aromatic N) is 2. The molecule has 1 aromatic heterocycles. The number of amides is 1. The van der Waals surface area contributed by atoms with Gasteiger partial charge in [-0.1, -0.05) is 23.9 Å². The summed E-state index contributed by atoms with van der Waals surface area (Å²) in [5.41, 5.74) is 0.513. The normalized spacial score (nSPS) is 10.4. The number of ether oxygens (including phenoxy) is 4. The minimum absolute atomic E-state index is 0.0787. The van der Waals surface area contributed by atoms with Crippen LogP contribution in [0.15, 0.2) is 52.1 Å². The molecule has 0 spiro atoms. The molecule has 3 rings (SSSR count). The lowest BCUT2D eigenvalue weighted by Gasteiger charge is -2.11. The molecule has 0 radical (unpaired) electrons. The Morgan fingerprint density at radius 1 is 1.00 bits per heavy atom. The average molecular weight is 431 g/mol. The number of hydrogen-bond acceptors (Lipinski definition) is 9. The van der Waals surface area contributed by atoms with Crippen molar-refractivity contribution in [2.45, 2.75) is 11.8 Å². The van der Waals surface area contributed by atoms with Gasteiger partial charge < -0.3 is 28.7 Å². The quantitative estimate of drug-likeness (QED) is 0.484. The minimum atomic E-state index is -0.253. The number of methoxy groups -OCH3 is 3. The first-order valence-electron chi connectivity index (χ1n) is 8.85. The summed E-state index contributed by atoms with van der Waals surface area (Å²) < 4.78 is 26.8. The molecule has 1 amide bonds. The number of nitrogens with one attached hydrogen (secondary N) is 1. The Kier molecular flexibility index (Phi) is 7.39. The topological polar surface area (TPSA) is 105 Å². The first kappa shape index (κ1) is 21.3. The van der Waals surface area contributed by atoms with Crippen LogP contribution in [0.2, 0.25) is 0 Å². The molecule has 0 bridgehead atoms. The lowest BCUT2D eigenvalue weighted by atomic mass is 10.2. The fraction of sp³-hybridized carbons (Fsp3) is 0.250. The number of aromatic nitrogens is 2. The van der Waals surface area contributed by atoms with Gasteiger partial charge in [0.15, 0.2) is 18.1 Å². The van der Waals surface area contributed by atoms with Gasteiger partial charge in [0.05, 0.1) is 32.8 Å². The maximum absolute atomic E-state index is 12.3. The molecule has 30 heavy (non-hydrogen) atoms. The van der Waals surface area contributed by atoms with E-state index >= 15 is 0 Å². The van der Waals surface area contributed by atoms with Gasteiger partial charge in [-0.05, 0) is 24.3 Å². The molecule has 0 aliphatic carbocycles. The predicted molar refractivity (Wildman–Crippen MR) is 111 cm³/mol. The third-order valence-electron chi connectivity index (χ3n) is 3.88. The van der Waals surface area contributed by atoms with Crippen LogP contribution in [0.3, 0.4) is 0 Å². The second kappa shape index (κ2) is 10.4. The van der Waals surface area contributed by atoms with Crippen molar-refractivity contribution in [3.63, 3.8) is 0 Å². The van der Waals surface area contributed by atoms with Gasteiger partial charge in [0.1, 0.15) is 11.5 Å². The zero-order chi connectivity index (χ0) is 21.3. The van der Waals surface area contributed by atoms with Crippen LogP contribution in [0.4, 0.5) is 5.69 Å². The van der Waals surface area contributed by atoms with Gasteiger partial charge in [-0.3, -0.25) is 4.79 Å². The van der Waals surface area contributed by atoms with Crippen molar-refractivity contribution in [1.82, 2.24) is 10.2 Å². The fourth-order valence-electron chi connectivity index (χ4n) is 2.46. The summed E-state index contributed by atoms with van der Waals surface area (Å²) in [5, 5.41) is 10.9. The molecular weight excluding hydrogens is 410 g/mol. The highest BCUT2D eigenvalue weighted by Gasteiger charge is 2.13. The molecule has 0 aliphatic rings. The summed E-state index contributed by atoms with van der Waals surface area (Å²) in [7, 11) is 4.64. The van der Waals surface area contributed by atoms with E-state index in [2.05, 4.69) is 15.5 Å². The van der Waals surface area contributed by atoms with Crippen LogP contribution in [0.5, 0.6) is 23.0 Å². The summed E-state index contributed by atoms with van der Waals surface area (Å²) in [6.45, 7) is 0.0845. The third kappa shape index (κ3) is 5.57. The highest BCUT2D eigenvalue weighted by molar-refractivity contribution is 7.99. The number of hydrogen-bond donors (Lipinski definition) is 1. The second-order valence-electron chi connectivity index (χ2n) is 5.80. The number of para-hydroxylation sites is 2. The zero-order valence-corrected chi connectivity index (χ0v) is 17.5. The molecule has 1 heterocycles. The molecule has 0 saturated heterocycles. The Hall–Kier alpha value is -3.40. The zero-order valence-electron chi connectivity index (χ0n) is 16.7. The molecule has 0 fully saturated rings. The first-order valence-corrected chi connectivity index (χ1v) is 9.84. The van der Waals surface area contributed by atoms with E-state index in [1.807, 2.05) is 12.1 Å². The summed E-state index contributed by atoms with van der Waals surface area (Å²) >= 11 is 1.12. The predicted octanol–water partition coefficient (Wildman–Crippen LogP) is 3.41. The van der Waals surface area contributed by atoms with Crippen LogP contribution >= 0.6 is 11.8 Å². The highest BCUT2D eigenvalue weighted by atomic mass is 32.2. The van der Waals surface area contributed by atoms with Gasteiger partial charge in [-0.15, -0.1) is 10.2 Å². The number of benzene rings is 2. The van der Waals surface area contributed by atoms with E-state index < -0.39 is 0 Å². The van der Waals surface area contributed by atoms with Gasteiger partial charge in [0.25, 0.3) is 11.1 Å². The van der Waals surface area contributed by atoms with E-state index in [0.717, 1.165) is 11.8 Å². The minimum Gasteiger partial charge on any atom is -0.497 e. The second-order valence-corrected chi connectivity index (χ2v) is 6.73. The molecule has 0 unspecified atom stereocenters. The molecule has 2 aromatic carbocycles. The van der Waals surface area contributed by atoms with Crippen molar-refractivity contribution in [2.24, 2.45) is 0 Å². The van der Waals surface area contributed by atoms with E-state index in [1.165, 1.54) is 7.11 Å². The van der Waals surface area contributed by atoms with Crippen LogP contribution in [0.1, 0.15) is 5.89 Å². The Balaban J connectivity index is 1.52. The fourth-order valence-corrected chi connectivity index (χ4v) is 3.04. The van der Waals surface area contributed by atoms with Crippen molar-refractivity contribution in [3.05, 3.63) is 48.4 Å². The van der Waals surface area contributed by atoms with Crippen LogP contribution < -0.4 is 24.3 Å². The molecule has 3 aromatic rings. The van der Waals surface area contributed by atoms with E-state index in [0.29, 0.717) is 34.6 Å². The molecule has 9 nitrogen and oxygen atoms in total. The Labute approximate surface area is 177 Å². The number of carbonyl (C=O) groups is 1.